The zero-order valence-electron chi connectivity index (χ0n) is 11.0. The van der Waals surface area contributed by atoms with Crippen LogP contribution >= 0.6 is 11.6 Å². The number of nitrogens with zero attached hydrogens (tertiary/aromatic N) is 4. The maximum absolute atomic E-state index is 5.80. The maximum Gasteiger partial charge on any atom is 0.0945 e. The normalized spacial score (nSPS) is 18.9. The van der Waals surface area contributed by atoms with Crippen LogP contribution in [0, 0.1) is 0 Å². The van der Waals surface area contributed by atoms with Gasteiger partial charge in [-0.05, 0) is 32.5 Å². The van der Waals surface area contributed by atoms with Crippen LogP contribution in [0.15, 0.2) is 18.7 Å². The first kappa shape index (κ1) is 13.8. The van der Waals surface area contributed by atoms with Crippen LogP contribution in [-0.2, 0) is 6.54 Å². The van der Waals surface area contributed by atoms with E-state index in [-0.39, 0.29) is 0 Å². The minimum absolute atomic E-state index is 0.751. The first-order valence-electron chi connectivity index (χ1n) is 6.85. The van der Waals surface area contributed by atoms with E-state index < -0.39 is 0 Å². The van der Waals surface area contributed by atoms with Gasteiger partial charge >= 0.3 is 0 Å². The molecule has 2 rings (SSSR count). The zero-order chi connectivity index (χ0) is 12.6. The molecule has 0 bridgehead atoms. The van der Waals surface area contributed by atoms with Crippen LogP contribution in [0.1, 0.15) is 12.8 Å². The Morgan fingerprint density at radius 1 is 1.00 bits per heavy atom. The summed E-state index contributed by atoms with van der Waals surface area (Å²) in [6.07, 6.45) is 8.24. The number of alkyl halides is 1. The van der Waals surface area contributed by atoms with Gasteiger partial charge in [0.15, 0.2) is 0 Å². The predicted octanol–water partition coefficient (Wildman–Crippen LogP) is 1.52. The lowest BCUT2D eigenvalue weighted by Crippen LogP contribution is -2.32. The van der Waals surface area contributed by atoms with E-state index >= 15 is 0 Å². The number of aryl methyl sites for hydroxylation is 1. The van der Waals surface area contributed by atoms with Crippen molar-refractivity contribution in [3.63, 3.8) is 0 Å². The molecule has 0 atom stereocenters. The van der Waals surface area contributed by atoms with Gasteiger partial charge in [-0.1, -0.05) is 0 Å². The van der Waals surface area contributed by atoms with Crippen LogP contribution in [0.5, 0.6) is 0 Å². The van der Waals surface area contributed by atoms with Crippen LogP contribution < -0.4 is 0 Å². The third-order valence-corrected chi connectivity index (χ3v) is 3.70. The predicted molar refractivity (Wildman–Crippen MR) is 75.1 cm³/mol. The number of aromatic nitrogens is 2. The van der Waals surface area contributed by atoms with Gasteiger partial charge in [0.05, 0.1) is 6.33 Å². The zero-order valence-corrected chi connectivity index (χ0v) is 11.7. The van der Waals surface area contributed by atoms with Crippen molar-refractivity contribution in [2.24, 2.45) is 0 Å². The highest BCUT2D eigenvalue weighted by Gasteiger charge is 2.13. The van der Waals surface area contributed by atoms with Crippen molar-refractivity contribution in [1.29, 1.82) is 0 Å². The minimum Gasteiger partial charge on any atom is -0.337 e. The molecule has 1 aromatic heterocycles. The summed E-state index contributed by atoms with van der Waals surface area (Å²) in [5.74, 6) is 0.751. The van der Waals surface area contributed by atoms with Gasteiger partial charge in [0.1, 0.15) is 0 Å². The second-order valence-electron chi connectivity index (χ2n) is 4.88. The third-order valence-electron chi connectivity index (χ3n) is 3.53. The molecule has 1 aromatic rings. The summed E-state index contributed by atoms with van der Waals surface area (Å²) in [5.41, 5.74) is 0. The molecule has 18 heavy (non-hydrogen) atoms. The molecule has 102 valence electrons. The van der Waals surface area contributed by atoms with Crippen LogP contribution in [-0.4, -0.2) is 64.5 Å². The van der Waals surface area contributed by atoms with Gasteiger partial charge in [-0.25, -0.2) is 4.98 Å². The smallest absolute Gasteiger partial charge is 0.0945 e. The van der Waals surface area contributed by atoms with E-state index in [0.717, 1.165) is 25.5 Å². The summed E-state index contributed by atoms with van der Waals surface area (Å²) in [4.78, 5) is 9.11. The summed E-state index contributed by atoms with van der Waals surface area (Å²) < 4.78 is 2.15. The van der Waals surface area contributed by atoms with Crippen molar-refractivity contribution in [2.45, 2.75) is 19.4 Å². The van der Waals surface area contributed by atoms with Crippen molar-refractivity contribution in [1.82, 2.24) is 19.4 Å². The Morgan fingerprint density at radius 2 is 1.78 bits per heavy atom. The Balaban J connectivity index is 1.64. The van der Waals surface area contributed by atoms with Crippen molar-refractivity contribution in [2.75, 3.05) is 45.1 Å². The molecule has 5 heteroatoms. The van der Waals surface area contributed by atoms with Gasteiger partial charge in [-0.15, -0.1) is 11.6 Å². The highest BCUT2D eigenvalue weighted by Crippen LogP contribution is 2.04. The van der Waals surface area contributed by atoms with Crippen molar-refractivity contribution >= 4 is 11.6 Å². The second-order valence-corrected chi connectivity index (χ2v) is 5.26. The summed E-state index contributed by atoms with van der Waals surface area (Å²) >= 11 is 5.80. The van der Waals surface area contributed by atoms with Crippen LogP contribution in [0.25, 0.3) is 0 Å². The average Bonchev–Trinajstić information content (AvgIpc) is 2.78. The standard InChI is InChI=1S/C13H23ClN4/c14-3-9-17-7-1-5-16(11-12-17)6-2-8-18-10-4-15-13-18/h4,10,13H,1-3,5-9,11-12H2. The molecule has 2 heterocycles. The van der Waals surface area contributed by atoms with Gasteiger partial charge in [-0.3, -0.25) is 0 Å². The van der Waals surface area contributed by atoms with Crippen LogP contribution in [0.3, 0.4) is 0 Å². The van der Waals surface area contributed by atoms with E-state index in [1.165, 1.54) is 39.0 Å². The fourth-order valence-electron chi connectivity index (χ4n) is 2.49. The van der Waals surface area contributed by atoms with Crippen LogP contribution in [0.2, 0.25) is 0 Å². The lowest BCUT2D eigenvalue weighted by atomic mass is 10.3. The fourth-order valence-corrected chi connectivity index (χ4v) is 2.73. The molecule has 1 fully saturated rings. The molecule has 0 spiro atoms. The highest BCUT2D eigenvalue weighted by molar-refractivity contribution is 6.18. The average molecular weight is 271 g/mol. The van der Waals surface area contributed by atoms with E-state index in [1.54, 1.807) is 0 Å². The van der Waals surface area contributed by atoms with Gasteiger partial charge in [0.25, 0.3) is 0 Å². The highest BCUT2D eigenvalue weighted by atomic mass is 35.5. The Hall–Kier alpha value is -0.580. The van der Waals surface area contributed by atoms with Crippen molar-refractivity contribution < 1.29 is 0 Å². The molecule has 4 nitrogen and oxygen atoms in total. The second kappa shape index (κ2) is 7.77. The molecule has 0 unspecified atom stereocenters. The first-order valence-corrected chi connectivity index (χ1v) is 7.38. The van der Waals surface area contributed by atoms with E-state index in [9.17, 15) is 0 Å². The van der Waals surface area contributed by atoms with Crippen molar-refractivity contribution in [3.8, 4) is 0 Å². The topological polar surface area (TPSA) is 24.3 Å². The minimum atomic E-state index is 0.751. The Labute approximate surface area is 115 Å². The van der Waals surface area contributed by atoms with E-state index in [1.807, 2.05) is 18.7 Å². The lowest BCUT2D eigenvalue weighted by Gasteiger charge is -2.21. The molecule has 0 aliphatic carbocycles. The third kappa shape index (κ3) is 4.59. The first-order chi connectivity index (χ1) is 8.88. The molecular formula is C13H23ClN4. The SMILES string of the molecule is ClCCN1CCCN(CCCn2ccnc2)CC1. The van der Waals surface area contributed by atoms with E-state index in [2.05, 4.69) is 19.4 Å². The summed E-state index contributed by atoms with van der Waals surface area (Å²) in [6, 6.07) is 0. The number of imidazole rings is 1. The number of halogens is 1. The Kier molecular flexibility index (Phi) is 5.97. The molecule has 0 N–H and O–H groups in total. The fraction of sp³-hybridized carbons (Fsp3) is 0.769. The molecule has 0 radical (unpaired) electrons. The van der Waals surface area contributed by atoms with Gasteiger partial charge in [-0.2, -0.15) is 0 Å². The molecule has 1 aliphatic heterocycles. The molecule has 1 aliphatic rings. The van der Waals surface area contributed by atoms with Gasteiger partial charge in [0.2, 0.25) is 0 Å². The monoisotopic (exact) mass is 270 g/mol. The molecule has 0 saturated carbocycles. The molecule has 0 aromatic carbocycles. The maximum atomic E-state index is 5.80. The van der Waals surface area contributed by atoms with Crippen molar-refractivity contribution in [3.05, 3.63) is 18.7 Å². The van der Waals surface area contributed by atoms with Crippen LogP contribution in [0.4, 0.5) is 0 Å². The summed E-state index contributed by atoms with van der Waals surface area (Å²) in [5, 5.41) is 0. The summed E-state index contributed by atoms with van der Waals surface area (Å²) in [7, 11) is 0. The summed E-state index contributed by atoms with van der Waals surface area (Å²) in [6.45, 7) is 8.06. The van der Waals surface area contributed by atoms with Gasteiger partial charge in [0, 0.05) is 44.5 Å². The molecule has 0 amide bonds. The lowest BCUT2D eigenvalue weighted by molar-refractivity contribution is 0.258. The Morgan fingerprint density at radius 3 is 2.44 bits per heavy atom. The number of hydrogen-bond acceptors (Lipinski definition) is 3. The molecule has 1 saturated heterocycles. The van der Waals surface area contributed by atoms with Gasteiger partial charge < -0.3 is 14.4 Å². The van der Waals surface area contributed by atoms with E-state index in [4.69, 9.17) is 11.6 Å². The number of hydrogen-bond donors (Lipinski definition) is 0. The molecular weight excluding hydrogens is 248 g/mol. The Bertz CT molecular complexity index is 315. The number of rotatable bonds is 6. The van der Waals surface area contributed by atoms with E-state index in [0.29, 0.717) is 0 Å². The largest absolute Gasteiger partial charge is 0.337 e. The quantitative estimate of drug-likeness (QED) is 0.733.